The Hall–Kier alpha value is -2.38. The fourth-order valence-corrected chi connectivity index (χ4v) is 5.44. The van der Waals surface area contributed by atoms with Crippen LogP contribution in [0.2, 0.25) is 0 Å². The van der Waals surface area contributed by atoms with Gasteiger partial charge in [-0.3, -0.25) is 4.79 Å². The number of carbonyl (C=O) groups is 1. The average Bonchev–Trinajstić information content (AvgIpc) is 3.36. The maximum absolute atomic E-state index is 12.9. The number of amides is 1. The van der Waals surface area contributed by atoms with E-state index in [4.69, 9.17) is 9.47 Å². The number of carbonyl (C=O) groups excluding carboxylic acids is 1. The zero-order chi connectivity index (χ0) is 27.7. The lowest BCUT2D eigenvalue weighted by molar-refractivity contribution is -0.689. The predicted octanol–water partition coefficient (Wildman–Crippen LogP) is 5.74. The first-order chi connectivity index (χ1) is 19.1. The summed E-state index contributed by atoms with van der Waals surface area (Å²) < 4.78 is 13.7. The summed E-state index contributed by atoms with van der Waals surface area (Å²) in [5.41, 5.74) is 5.86. The van der Waals surface area contributed by atoms with Crippen LogP contribution in [0.25, 0.3) is 0 Å². The predicted molar refractivity (Wildman–Crippen MR) is 162 cm³/mol. The molecule has 3 rings (SSSR count). The van der Waals surface area contributed by atoms with Gasteiger partial charge in [-0.05, 0) is 36.8 Å². The molecule has 1 N–H and O–H groups in total. The summed E-state index contributed by atoms with van der Waals surface area (Å²) in [5, 5.41) is 5.12. The van der Waals surface area contributed by atoms with Crippen LogP contribution in [0.3, 0.4) is 0 Å². The highest BCUT2D eigenvalue weighted by Gasteiger charge is 2.13. The van der Waals surface area contributed by atoms with E-state index >= 15 is 0 Å². The van der Waals surface area contributed by atoms with Gasteiger partial charge in [0.1, 0.15) is 0 Å². The Labute approximate surface area is 256 Å². The molecular formula is C33H47BrN2O3S. The second-order valence-corrected chi connectivity index (χ2v) is 11.1. The molecule has 0 fully saturated rings. The first-order valence-corrected chi connectivity index (χ1v) is 15.7. The lowest BCUT2D eigenvalue weighted by Crippen LogP contribution is -3.00. The van der Waals surface area contributed by atoms with E-state index in [-0.39, 0.29) is 22.9 Å². The normalized spacial score (nSPS) is 10.7. The Kier molecular flexibility index (Phi) is 16.6. The van der Waals surface area contributed by atoms with E-state index in [1.165, 1.54) is 81.9 Å². The SMILES string of the molecule is CCCCCCCCCCCCCCOc1ccc(C(=O)Nc2ccc(C[n+]3cscc3C)cc2)cc1OC.[Br-]. The van der Waals surface area contributed by atoms with Crippen molar-refractivity contribution in [1.82, 2.24) is 0 Å². The van der Waals surface area contributed by atoms with E-state index in [1.54, 1.807) is 30.6 Å². The summed E-state index contributed by atoms with van der Waals surface area (Å²) in [5.74, 6) is 1.10. The van der Waals surface area contributed by atoms with Crippen molar-refractivity contribution in [3.8, 4) is 11.5 Å². The van der Waals surface area contributed by atoms with Gasteiger partial charge in [0.15, 0.2) is 23.7 Å². The van der Waals surface area contributed by atoms with Gasteiger partial charge in [0.25, 0.3) is 5.91 Å². The molecule has 0 aliphatic heterocycles. The molecule has 1 amide bonds. The highest BCUT2D eigenvalue weighted by molar-refractivity contribution is 7.07. The molecule has 0 radical (unpaired) electrons. The molecule has 5 nitrogen and oxygen atoms in total. The molecule has 220 valence electrons. The van der Waals surface area contributed by atoms with Crippen LogP contribution in [0.5, 0.6) is 11.5 Å². The summed E-state index contributed by atoms with van der Waals surface area (Å²) in [6, 6.07) is 13.4. The number of nitrogens with zero attached hydrogens (tertiary/aromatic N) is 1. The van der Waals surface area contributed by atoms with E-state index in [9.17, 15) is 4.79 Å². The number of hydrogen-bond donors (Lipinski definition) is 1. The molecule has 2 aromatic carbocycles. The summed E-state index contributed by atoms with van der Waals surface area (Å²) >= 11 is 1.70. The van der Waals surface area contributed by atoms with Crippen LogP contribution in [0.4, 0.5) is 5.69 Å². The minimum atomic E-state index is -0.170. The van der Waals surface area contributed by atoms with Crippen molar-refractivity contribution in [3.63, 3.8) is 0 Å². The number of ether oxygens (including phenoxy) is 2. The Balaban J connectivity index is 0.00000560. The molecule has 7 heteroatoms. The second kappa shape index (κ2) is 19.7. The maximum Gasteiger partial charge on any atom is 0.255 e. The molecular weight excluding hydrogens is 584 g/mol. The number of aryl methyl sites for hydroxylation is 1. The lowest BCUT2D eigenvalue weighted by Gasteiger charge is -2.12. The zero-order valence-electron chi connectivity index (χ0n) is 24.6. The number of rotatable bonds is 19. The highest BCUT2D eigenvalue weighted by atomic mass is 79.9. The molecule has 0 unspecified atom stereocenters. The third-order valence-corrected chi connectivity index (χ3v) is 7.98. The van der Waals surface area contributed by atoms with Crippen LogP contribution in [-0.2, 0) is 6.54 Å². The van der Waals surface area contributed by atoms with Gasteiger partial charge in [0, 0.05) is 23.7 Å². The zero-order valence-corrected chi connectivity index (χ0v) is 27.0. The van der Waals surface area contributed by atoms with Crippen LogP contribution < -0.4 is 36.3 Å². The van der Waals surface area contributed by atoms with Crippen molar-refractivity contribution in [2.24, 2.45) is 0 Å². The molecule has 1 heterocycles. The van der Waals surface area contributed by atoms with Crippen LogP contribution in [0, 0.1) is 6.92 Å². The standard InChI is InChI=1S/C33H46N2O3S.BrH/c1-4-5-6-7-8-9-10-11-12-13-14-15-22-38-31-21-18-29(23-32(31)37-3)33(36)34-30-19-16-28(17-20-30)24-35-26-39-25-27(35)2;/h16-21,23,25-26H,4-15,22,24H2,1-3H3;1H. The fraction of sp³-hybridized carbons (Fsp3) is 0.515. The summed E-state index contributed by atoms with van der Waals surface area (Å²) in [7, 11) is 1.61. The quantitative estimate of drug-likeness (QED) is 0.136. The topological polar surface area (TPSA) is 51.4 Å². The van der Waals surface area contributed by atoms with Crippen LogP contribution in [0.15, 0.2) is 53.4 Å². The number of aromatic nitrogens is 1. The average molecular weight is 632 g/mol. The molecule has 0 saturated carbocycles. The van der Waals surface area contributed by atoms with Crippen LogP contribution in [-0.4, -0.2) is 19.6 Å². The number of nitrogens with one attached hydrogen (secondary N) is 1. The maximum atomic E-state index is 12.9. The fourth-order valence-electron chi connectivity index (χ4n) is 4.66. The Morgan fingerprint density at radius 3 is 2.05 bits per heavy atom. The molecule has 0 bridgehead atoms. The second-order valence-electron chi connectivity index (χ2n) is 10.4. The van der Waals surface area contributed by atoms with Crippen molar-refractivity contribution < 1.29 is 35.8 Å². The summed E-state index contributed by atoms with van der Waals surface area (Å²) in [4.78, 5) is 12.9. The minimum absolute atomic E-state index is 0. The van der Waals surface area contributed by atoms with E-state index < -0.39 is 0 Å². The van der Waals surface area contributed by atoms with Gasteiger partial charge in [0.05, 0.1) is 19.1 Å². The van der Waals surface area contributed by atoms with Crippen molar-refractivity contribution in [2.45, 2.75) is 97.4 Å². The number of halogens is 1. The van der Waals surface area contributed by atoms with Crippen LogP contribution in [0.1, 0.15) is 106 Å². The number of unbranched alkanes of at least 4 members (excludes halogenated alkanes) is 11. The largest absolute Gasteiger partial charge is 1.00 e. The minimum Gasteiger partial charge on any atom is -1.00 e. The van der Waals surface area contributed by atoms with Crippen molar-refractivity contribution >= 4 is 22.9 Å². The van der Waals surface area contributed by atoms with E-state index in [1.807, 2.05) is 30.3 Å². The number of benzene rings is 2. The highest BCUT2D eigenvalue weighted by Crippen LogP contribution is 2.29. The summed E-state index contributed by atoms with van der Waals surface area (Å²) in [6.45, 7) is 5.86. The first kappa shape index (κ1) is 33.8. The number of hydrogen-bond acceptors (Lipinski definition) is 4. The molecule has 3 aromatic rings. The van der Waals surface area contributed by atoms with Gasteiger partial charge < -0.3 is 31.8 Å². The summed E-state index contributed by atoms with van der Waals surface area (Å²) in [6.07, 6.45) is 15.8. The van der Waals surface area contributed by atoms with Crippen molar-refractivity contribution in [3.05, 3.63) is 70.2 Å². The van der Waals surface area contributed by atoms with E-state index in [0.29, 0.717) is 23.7 Å². The molecule has 0 aliphatic rings. The van der Waals surface area contributed by atoms with Gasteiger partial charge in [-0.15, -0.1) is 0 Å². The molecule has 40 heavy (non-hydrogen) atoms. The first-order valence-electron chi connectivity index (χ1n) is 14.7. The van der Waals surface area contributed by atoms with Crippen LogP contribution >= 0.6 is 11.3 Å². The Morgan fingerprint density at radius 2 is 1.48 bits per heavy atom. The number of thiazole rings is 1. The van der Waals surface area contributed by atoms with E-state index in [2.05, 4.69) is 34.6 Å². The molecule has 0 aliphatic carbocycles. The Morgan fingerprint density at radius 1 is 0.850 bits per heavy atom. The molecule has 0 spiro atoms. The number of methoxy groups -OCH3 is 1. The third kappa shape index (κ3) is 12.0. The van der Waals surface area contributed by atoms with Gasteiger partial charge in [0.2, 0.25) is 5.51 Å². The number of anilines is 1. The smallest absolute Gasteiger partial charge is 0.255 e. The molecule has 1 aromatic heterocycles. The van der Waals surface area contributed by atoms with E-state index in [0.717, 1.165) is 18.7 Å². The van der Waals surface area contributed by atoms with Gasteiger partial charge in [-0.2, -0.15) is 4.57 Å². The van der Waals surface area contributed by atoms with Gasteiger partial charge >= 0.3 is 0 Å². The Bertz CT molecular complexity index is 1120. The molecule has 0 saturated heterocycles. The van der Waals surface area contributed by atoms with Crippen molar-refractivity contribution in [2.75, 3.05) is 19.0 Å². The van der Waals surface area contributed by atoms with Crippen molar-refractivity contribution in [1.29, 1.82) is 0 Å². The van der Waals surface area contributed by atoms with Gasteiger partial charge in [-0.1, -0.05) is 101 Å². The monoisotopic (exact) mass is 630 g/mol. The van der Waals surface area contributed by atoms with Gasteiger partial charge in [-0.25, -0.2) is 0 Å². The molecule has 0 atom stereocenters. The third-order valence-electron chi connectivity index (χ3n) is 7.13. The lowest BCUT2D eigenvalue weighted by atomic mass is 10.1.